The number of furan rings is 1. The quantitative estimate of drug-likeness (QED) is 0.354. The van der Waals surface area contributed by atoms with Crippen LogP contribution in [0.5, 0.6) is 0 Å². The standard InChI is InChI=1S/C22H20BrN5O2S/c1-15(16-6-8-18(23)9-7-16)25-20(29)14-31-22-27-26-21(17-4-2-10-24-12-17)28(22)13-19-5-3-11-30-19/h2-12,15H,13-14H2,1H3,(H,25,29). The molecule has 0 saturated heterocycles. The molecule has 0 aliphatic heterocycles. The van der Waals surface area contributed by atoms with E-state index in [9.17, 15) is 4.79 Å². The first-order valence-electron chi connectivity index (χ1n) is 9.64. The van der Waals surface area contributed by atoms with Gasteiger partial charge in [0.2, 0.25) is 5.91 Å². The number of nitrogens with zero attached hydrogens (tertiary/aromatic N) is 4. The predicted molar refractivity (Wildman–Crippen MR) is 122 cm³/mol. The number of hydrogen-bond acceptors (Lipinski definition) is 6. The molecule has 0 spiro atoms. The Balaban J connectivity index is 1.47. The molecule has 0 fully saturated rings. The molecule has 4 aromatic rings. The second-order valence-electron chi connectivity index (χ2n) is 6.84. The predicted octanol–water partition coefficient (Wildman–Crippen LogP) is 4.71. The fourth-order valence-electron chi connectivity index (χ4n) is 3.05. The third kappa shape index (κ3) is 5.42. The summed E-state index contributed by atoms with van der Waals surface area (Å²) in [5.41, 5.74) is 1.89. The Hall–Kier alpha value is -2.91. The van der Waals surface area contributed by atoms with Crippen molar-refractivity contribution >= 4 is 33.6 Å². The lowest BCUT2D eigenvalue weighted by atomic mass is 10.1. The minimum atomic E-state index is -0.0897. The molecule has 0 radical (unpaired) electrons. The summed E-state index contributed by atoms with van der Waals surface area (Å²) in [5, 5.41) is 12.3. The molecule has 158 valence electrons. The number of carbonyl (C=O) groups excluding carboxylic acids is 1. The van der Waals surface area contributed by atoms with E-state index < -0.39 is 0 Å². The molecule has 0 saturated carbocycles. The van der Waals surface area contributed by atoms with Gasteiger partial charge in [-0.05, 0) is 48.9 Å². The van der Waals surface area contributed by atoms with Crippen LogP contribution in [0.2, 0.25) is 0 Å². The Morgan fingerprint density at radius 1 is 1.19 bits per heavy atom. The molecule has 3 aromatic heterocycles. The third-order valence-corrected chi connectivity index (χ3v) is 6.11. The minimum absolute atomic E-state index is 0.0732. The van der Waals surface area contributed by atoms with Gasteiger partial charge in [-0.3, -0.25) is 14.3 Å². The van der Waals surface area contributed by atoms with E-state index in [2.05, 4.69) is 36.4 Å². The number of benzene rings is 1. The van der Waals surface area contributed by atoms with Crippen LogP contribution >= 0.6 is 27.7 Å². The summed E-state index contributed by atoms with van der Waals surface area (Å²) in [6, 6.07) is 15.3. The monoisotopic (exact) mass is 497 g/mol. The summed E-state index contributed by atoms with van der Waals surface area (Å²) < 4.78 is 8.45. The third-order valence-electron chi connectivity index (χ3n) is 4.61. The van der Waals surface area contributed by atoms with Crippen LogP contribution in [-0.4, -0.2) is 31.4 Å². The maximum absolute atomic E-state index is 12.5. The number of carbonyl (C=O) groups is 1. The largest absolute Gasteiger partial charge is 0.467 e. The highest BCUT2D eigenvalue weighted by Crippen LogP contribution is 2.25. The van der Waals surface area contributed by atoms with Gasteiger partial charge in [0.15, 0.2) is 11.0 Å². The van der Waals surface area contributed by atoms with Gasteiger partial charge < -0.3 is 9.73 Å². The number of amides is 1. The van der Waals surface area contributed by atoms with E-state index >= 15 is 0 Å². The van der Waals surface area contributed by atoms with E-state index in [0.717, 1.165) is 21.4 Å². The minimum Gasteiger partial charge on any atom is -0.467 e. The van der Waals surface area contributed by atoms with Gasteiger partial charge >= 0.3 is 0 Å². The van der Waals surface area contributed by atoms with E-state index in [1.54, 1.807) is 18.7 Å². The van der Waals surface area contributed by atoms with E-state index in [1.807, 2.05) is 60.0 Å². The SMILES string of the molecule is CC(NC(=O)CSc1nnc(-c2cccnc2)n1Cc1ccco1)c1ccc(Br)cc1. The van der Waals surface area contributed by atoms with Crippen LogP contribution in [0.1, 0.15) is 24.3 Å². The van der Waals surface area contributed by atoms with Gasteiger partial charge in [-0.2, -0.15) is 0 Å². The molecule has 0 bridgehead atoms. The van der Waals surface area contributed by atoms with Crippen molar-refractivity contribution in [3.8, 4) is 11.4 Å². The molecule has 3 heterocycles. The zero-order valence-electron chi connectivity index (χ0n) is 16.7. The van der Waals surface area contributed by atoms with Gasteiger partial charge in [-0.25, -0.2) is 0 Å². The van der Waals surface area contributed by atoms with E-state index in [1.165, 1.54) is 11.8 Å². The maximum Gasteiger partial charge on any atom is 0.230 e. The van der Waals surface area contributed by atoms with Crippen LogP contribution in [0.25, 0.3) is 11.4 Å². The van der Waals surface area contributed by atoms with Crippen molar-refractivity contribution in [3.63, 3.8) is 0 Å². The summed E-state index contributed by atoms with van der Waals surface area (Å²) in [4.78, 5) is 16.7. The second-order valence-corrected chi connectivity index (χ2v) is 8.70. The number of halogens is 1. The molecular weight excluding hydrogens is 478 g/mol. The first-order valence-corrected chi connectivity index (χ1v) is 11.4. The number of hydrogen-bond donors (Lipinski definition) is 1. The van der Waals surface area contributed by atoms with E-state index in [4.69, 9.17) is 4.42 Å². The van der Waals surface area contributed by atoms with Crippen molar-refractivity contribution in [1.82, 2.24) is 25.1 Å². The Bertz CT molecular complexity index is 1130. The Kier molecular flexibility index (Phi) is 6.83. The average molecular weight is 498 g/mol. The first-order chi connectivity index (χ1) is 15.1. The fourth-order valence-corrected chi connectivity index (χ4v) is 4.07. The van der Waals surface area contributed by atoms with E-state index in [-0.39, 0.29) is 17.7 Å². The van der Waals surface area contributed by atoms with E-state index in [0.29, 0.717) is 17.5 Å². The molecule has 4 rings (SSSR count). The average Bonchev–Trinajstić information content (AvgIpc) is 3.44. The van der Waals surface area contributed by atoms with Crippen molar-refractivity contribution in [3.05, 3.63) is 83.0 Å². The van der Waals surface area contributed by atoms with Gasteiger partial charge in [-0.1, -0.05) is 39.8 Å². The molecule has 0 aliphatic rings. The highest BCUT2D eigenvalue weighted by molar-refractivity contribution is 9.10. The van der Waals surface area contributed by atoms with Crippen molar-refractivity contribution in [2.45, 2.75) is 24.7 Å². The Morgan fingerprint density at radius 2 is 2.03 bits per heavy atom. The molecular formula is C22H20BrN5O2S. The van der Waals surface area contributed by atoms with Crippen LogP contribution in [0.15, 0.2) is 81.2 Å². The highest BCUT2D eigenvalue weighted by Gasteiger charge is 2.18. The van der Waals surface area contributed by atoms with Crippen LogP contribution in [0.3, 0.4) is 0 Å². The van der Waals surface area contributed by atoms with Crippen LogP contribution in [0.4, 0.5) is 0 Å². The number of pyridine rings is 1. The van der Waals surface area contributed by atoms with Gasteiger partial charge in [0.05, 0.1) is 24.6 Å². The van der Waals surface area contributed by atoms with Crippen LogP contribution < -0.4 is 5.32 Å². The van der Waals surface area contributed by atoms with Gasteiger partial charge in [0.1, 0.15) is 5.76 Å². The molecule has 0 aliphatic carbocycles. The van der Waals surface area contributed by atoms with Gasteiger partial charge in [0, 0.05) is 22.4 Å². The number of nitrogens with one attached hydrogen (secondary N) is 1. The second kappa shape index (κ2) is 9.93. The first kappa shape index (κ1) is 21.3. The fraction of sp³-hybridized carbons (Fsp3) is 0.182. The lowest BCUT2D eigenvalue weighted by Crippen LogP contribution is -2.28. The maximum atomic E-state index is 12.5. The molecule has 1 unspecified atom stereocenters. The lowest BCUT2D eigenvalue weighted by Gasteiger charge is -2.14. The van der Waals surface area contributed by atoms with Crippen LogP contribution in [0, 0.1) is 0 Å². The number of rotatable bonds is 8. The van der Waals surface area contributed by atoms with Crippen LogP contribution in [-0.2, 0) is 11.3 Å². The zero-order valence-corrected chi connectivity index (χ0v) is 19.1. The molecule has 1 atom stereocenters. The molecule has 7 nitrogen and oxygen atoms in total. The lowest BCUT2D eigenvalue weighted by molar-refractivity contribution is -0.119. The summed E-state index contributed by atoms with van der Waals surface area (Å²) >= 11 is 4.77. The van der Waals surface area contributed by atoms with Crippen molar-refractivity contribution in [2.75, 3.05) is 5.75 Å². The summed E-state index contributed by atoms with van der Waals surface area (Å²) in [5.74, 6) is 1.61. The van der Waals surface area contributed by atoms with Crippen molar-refractivity contribution < 1.29 is 9.21 Å². The Morgan fingerprint density at radius 3 is 2.74 bits per heavy atom. The van der Waals surface area contributed by atoms with Gasteiger partial charge in [-0.15, -0.1) is 10.2 Å². The number of thioether (sulfide) groups is 1. The molecule has 9 heteroatoms. The molecule has 1 amide bonds. The van der Waals surface area contributed by atoms with Gasteiger partial charge in [0.25, 0.3) is 0 Å². The smallest absolute Gasteiger partial charge is 0.230 e. The highest BCUT2D eigenvalue weighted by atomic mass is 79.9. The molecule has 1 N–H and O–H groups in total. The zero-order chi connectivity index (χ0) is 21.6. The molecule has 1 aromatic carbocycles. The molecule has 31 heavy (non-hydrogen) atoms. The van der Waals surface area contributed by atoms with Crippen molar-refractivity contribution in [1.29, 1.82) is 0 Å². The van der Waals surface area contributed by atoms with Crippen molar-refractivity contribution in [2.24, 2.45) is 0 Å². The Labute approximate surface area is 192 Å². The number of aromatic nitrogens is 4. The normalized spacial score (nSPS) is 11.9. The topological polar surface area (TPSA) is 85.8 Å². The summed E-state index contributed by atoms with van der Waals surface area (Å²) in [6.45, 7) is 2.43. The summed E-state index contributed by atoms with van der Waals surface area (Å²) in [7, 11) is 0. The summed E-state index contributed by atoms with van der Waals surface area (Å²) in [6.07, 6.45) is 5.08.